The van der Waals surface area contributed by atoms with Gasteiger partial charge in [0.25, 0.3) is 0 Å². The highest BCUT2D eigenvalue weighted by Gasteiger charge is 2.42. The monoisotopic (exact) mass is 440 g/mol. The van der Waals surface area contributed by atoms with Gasteiger partial charge in [0.05, 0.1) is 18.8 Å². The molecule has 2 atom stereocenters. The van der Waals surface area contributed by atoms with Crippen molar-refractivity contribution in [3.05, 3.63) is 108 Å². The SMILES string of the molecule is COc1ccc(-n2c(C)ccc2[C@H]2[C@H](c3ccccn3)NC(=S)N2c2ccccc2)cc1. The fraction of sp³-hybridized carbons (Fsp3) is 0.154. The van der Waals surface area contributed by atoms with Crippen LogP contribution in [0.3, 0.4) is 0 Å². The highest BCUT2D eigenvalue weighted by molar-refractivity contribution is 7.80. The summed E-state index contributed by atoms with van der Waals surface area (Å²) in [5.74, 6) is 0.834. The molecule has 1 saturated heterocycles. The van der Waals surface area contributed by atoms with Gasteiger partial charge in [0, 0.05) is 29.0 Å². The highest BCUT2D eigenvalue weighted by atomic mass is 32.1. The molecule has 0 spiro atoms. The van der Waals surface area contributed by atoms with Crippen LogP contribution in [0, 0.1) is 6.92 Å². The van der Waals surface area contributed by atoms with Crippen LogP contribution in [-0.4, -0.2) is 21.8 Å². The topological polar surface area (TPSA) is 42.3 Å². The van der Waals surface area contributed by atoms with E-state index in [1.807, 2.05) is 48.7 Å². The summed E-state index contributed by atoms with van der Waals surface area (Å²) in [7, 11) is 1.68. The summed E-state index contributed by atoms with van der Waals surface area (Å²) in [6, 6.07) is 28.6. The zero-order chi connectivity index (χ0) is 22.1. The van der Waals surface area contributed by atoms with Crippen molar-refractivity contribution in [1.29, 1.82) is 0 Å². The average molecular weight is 441 g/mol. The third kappa shape index (κ3) is 3.52. The molecule has 160 valence electrons. The Bertz CT molecular complexity index is 1220. The van der Waals surface area contributed by atoms with Gasteiger partial charge >= 0.3 is 0 Å². The minimum absolute atomic E-state index is 0.0735. The molecule has 0 bridgehead atoms. The zero-order valence-corrected chi connectivity index (χ0v) is 18.8. The molecule has 0 unspecified atom stereocenters. The van der Waals surface area contributed by atoms with E-state index in [-0.39, 0.29) is 12.1 Å². The maximum absolute atomic E-state index is 5.84. The fourth-order valence-corrected chi connectivity index (χ4v) is 4.74. The van der Waals surface area contributed by atoms with Gasteiger partial charge in [-0.15, -0.1) is 0 Å². The van der Waals surface area contributed by atoms with E-state index in [1.165, 1.54) is 0 Å². The molecular weight excluding hydrogens is 416 g/mol. The van der Waals surface area contributed by atoms with Gasteiger partial charge in [-0.25, -0.2) is 0 Å². The van der Waals surface area contributed by atoms with Crippen LogP contribution in [0.25, 0.3) is 5.69 Å². The Morgan fingerprint density at radius 1 is 0.875 bits per heavy atom. The first kappa shape index (κ1) is 20.3. The molecule has 0 aliphatic carbocycles. The van der Waals surface area contributed by atoms with Gasteiger partial charge in [-0.1, -0.05) is 24.3 Å². The van der Waals surface area contributed by atoms with Crippen molar-refractivity contribution in [2.75, 3.05) is 12.0 Å². The van der Waals surface area contributed by atoms with Crippen molar-refractivity contribution < 1.29 is 4.74 Å². The lowest BCUT2D eigenvalue weighted by molar-refractivity contribution is 0.414. The van der Waals surface area contributed by atoms with Crippen LogP contribution < -0.4 is 15.0 Å². The van der Waals surface area contributed by atoms with Crippen LogP contribution in [0.15, 0.2) is 91.1 Å². The van der Waals surface area contributed by atoms with Crippen LogP contribution in [0.5, 0.6) is 5.75 Å². The summed E-state index contributed by atoms with van der Waals surface area (Å²) < 4.78 is 7.64. The molecule has 3 heterocycles. The van der Waals surface area contributed by atoms with Crippen LogP contribution in [0.4, 0.5) is 5.69 Å². The van der Waals surface area contributed by atoms with Gasteiger partial charge in [0.15, 0.2) is 5.11 Å². The average Bonchev–Trinajstić information content (AvgIpc) is 3.39. The number of rotatable bonds is 5. The number of aromatic nitrogens is 2. The number of anilines is 1. The Kier molecular flexibility index (Phi) is 5.37. The molecule has 2 aromatic carbocycles. The molecule has 1 aliphatic rings. The number of methoxy groups -OCH3 is 1. The molecule has 1 N–H and O–H groups in total. The van der Waals surface area contributed by atoms with E-state index in [9.17, 15) is 0 Å². The van der Waals surface area contributed by atoms with Crippen molar-refractivity contribution in [2.24, 2.45) is 0 Å². The Morgan fingerprint density at radius 3 is 2.31 bits per heavy atom. The predicted molar refractivity (Wildman–Crippen MR) is 131 cm³/mol. The van der Waals surface area contributed by atoms with Crippen LogP contribution >= 0.6 is 12.2 Å². The number of hydrogen-bond acceptors (Lipinski definition) is 3. The number of para-hydroxylation sites is 1. The summed E-state index contributed by atoms with van der Waals surface area (Å²) in [6.45, 7) is 2.12. The lowest BCUT2D eigenvalue weighted by atomic mass is 10.0. The Labute approximate surface area is 193 Å². The summed E-state index contributed by atoms with van der Waals surface area (Å²) in [4.78, 5) is 6.85. The molecule has 0 radical (unpaired) electrons. The molecule has 5 nitrogen and oxygen atoms in total. The molecule has 4 aromatic rings. The van der Waals surface area contributed by atoms with Crippen molar-refractivity contribution in [2.45, 2.75) is 19.0 Å². The van der Waals surface area contributed by atoms with Gasteiger partial charge in [-0.2, -0.15) is 0 Å². The number of benzene rings is 2. The van der Waals surface area contributed by atoms with Crippen molar-refractivity contribution >= 4 is 23.0 Å². The van der Waals surface area contributed by atoms with Crippen molar-refractivity contribution in [3.8, 4) is 11.4 Å². The second-order valence-corrected chi connectivity index (χ2v) is 8.15. The fourth-order valence-electron chi connectivity index (χ4n) is 4.40. The molecule has 32 heavy (non-hydrogen) atoms. The Morgan fingerprint density at radius 2 is 1.62 bits per heavy atom. The first-order valence-corrected chi connectivity index (χ1v) is 11.0. The maximum atomic E-state index is 5.84. The van der Waals surface area contributed by atoms with E-state index in [0.717, 1.165) is 34.2 Å². The van der Waals surface area contributed by atoms with Gasteiger partial charge in [-0.05, 0) is 79.8 Å². The van der Waals surface area contributed by atoms with Gasteiger partial charge in [0.1, 0.15) is 11.8 Å². The number of aryl methyl sites for hydroxylation is 1. The molecule has 1 aliphatic heterocycles. The Hall–Kier alpha value is -3.64. The molecule has 0 saturated carbocycles. The van der Waals surface area contributed by atoms with Crippen molar-refractivity contribution in [1.82, 2.24) is 14.9 Å². The van der Waals surface area contributed by atoms with Crippen LogP contribution in [0.2, 0.25) is 0 Å². The van der Waals surface area contributed by atoms with Gasteiger partial charge in [-0.3, -0.25) is 4.98 Å². The molecular formula is C26H24N4OS. The smallest absolute Gasteiger partial charge is 0.174 e. The minimum atomic E-state index is -0.0878. The number of hydrogen-bond donors (Lipinski definition) is 1. The number of nitrogens with zero attached hydrogens (tertiary/aromatic N) is 3. The standard InChI is InChI=1S/C26H24N4OS/c1-18-11-16-23(29(18)20-12-14-21(31-2)15-13-20)25-24(22-10-6-7-17-27-22)28-26(32)30(25)19-8-4-3-5-9-19/h3-17,24-25H,1-2H3,(H,28,32)/t24-,25-/m0/s1. The number of pyridine rings is 1. The third-order valence-electron chi connectivity index (χ3n) is 5.87. The lowest BCUT2D eigenvalue weighted by Crippen LogP contribution is -2.30. The van der Waals surface area contributed by atoms with E-state index < -0.39 is 0 Å². The van der Waals surface area contributed by atoms with Crippen LogP contribution in [0.1, 0.15) is 29.2 Å². The highest BCUT2D eigenvalue weighted by Crippen LogP contribution is 2.42. The number of thiocarbonyl (C=S) groups is 1. The quantitative estimate of drug-likeness (QED) is 0.423. The third-order valence-corrected chi connectivity index (χ3v) is 6.19. The number of nitrogens with one attached hydrogen (secondary N) is 1. The maximum Gasteiger partial charge on any atom is 0.174 e. The Balaban J connectivity index is 1.68. The lowest BCUT2D eigenvalue weighted by Gasteiger charge is -2.29. The van der Waals surface area contributed by atoms with E-state index >= 15 is 0 Å². The summed E-state index contributed by atoms with van der Waals surface area (Å²) in [5.41, 5.74) is 5.37. The minimum Gasteiger partial charge on any atom is -0.497 e. The number of ether oxygens (including phenoxy) is 1. The summed E-state index contributed by atoms with van der Waals surface area (Å²) >= 11 is 5.84. The van der Waals surface area contributed by atoms with Crippen LogP contribution in [-0.2, 0) is 0 Å². The molecule has 2 aromatic heterocycles. The molecule has 5 rings (SSSR count). The molecule has 1 fully saturated rings. The summed E-state index contributed by atoms with van der Waals surface area (Å²) in [5, 5.41) is 4.23. The molecule has 0 amide bonds. The second-order valence-electron chi connectivity index (χ2n) is 7.77. The normalized spacial score (nSPS) is 17.9. The first-order chi connectivity index (χ1) is 15.7. The summed E-state index contributed by atoms with van der Waals surface area (Å²) in [6.07, 6.45) is 1.83. The zero-order valence-electron chi connectivity index (χ0n) is 18.0. The van der Waals surface area contributed by atoms with Crippen molar-refractivity contribution in [3.63, 3.8) is 0 Å². The first-order valence-electron chi connectivity index (χ1n) is 10.6. The largest absolute Gasteiger partial charge is 0.497 e. The van der Waals surface area contributed by atoms with E-state index in [1.54, 1.807) is 7.11 Å². The van der Waals surface area contributed by atoms with E-state index in [2.05, 4.69) is 69.2 Å². The van der Waals surface area contributed by atoms with Gasteiger partial charge < -0.3 is 19.5 Å². The van der Waals surface area contributed by atoms with Gasteiger partial charge in [0.2, 0.25) is 0 Å². The van der Waals surface area contributed by atoms with E-state index in [0.29, 0.717) is 5.11 Å². The molecule has 6 heteroatoms. The second kappa shape index (κ2) is 8.48. The predicted octanol–water partition coefficient (Wildman–Crippen LogP) is 5.37. The van der Waals surface area contributed by atoms with E-state index in [4.69, 9.17) is 17.0 Å².